The van der Waals surface area contributed by atoms with Gasteiger partial charge in [-0.05, 0) is 51.5 Å². The molecule has 2 nitrogen and oxygen atoms in total. The SMILES string of the molecule is CC1CCC(CN)(N2CCCCCC2C)C1. The third-order valence-electron chi connectivity index (χ3n) is 4.87. The fraction of sp³-hybridized carbons (Fsp3) is 1.00. The van der Waals surface area contributed by atoms with Crippen molar-refractivity contribution in [2.24, 2.45) is 11.7 Å². The van der Waals surface area contributed by atoms with Crippen LogP contribution >= 0.6 is 0 Å². The van der Waals surface area contributed by atoms with Gasteiger partial charge in [-0.3, -0.25) is 4.90 Å². The van der Waals surface area contributed by atoms with Crippen LogP contribution in [0.25, 0.3) is 0 Å². The van der Waals surface area contributed by atoms with Crippen molar-refractivity contribution < 1.29 is 0 Å². The largest absolute Gasteiger partial charge is 0.329 e. The van der Waals surface area contributed by atoms with Gasteiger partial charge >= 0.3 is 0 Å². The molecule has 1 saturated carbocycles. The zero-order valence-electron chi connectivity index (χ0n) is 11.0. The van der Waals surface area contributed by atoms with Crippen molar-refractivity contribution in [1.29, 1.82) is 0 Å². The highest BCUT2D eigenvalue weighted by molar-refractivity contribution is 5.00. The van der Waals surface area contributed by atoms with E-state index in [9.17, 15) is 0 Å². The van der Waals surface area contributed by atoms with Gasteiger partial charge in [-0.1, -0.05) is 19.8 Å². The van der Waals surface area contributed by atoms with Gasteiger partial charge in [0.25, 0.3) is 0 Å². The van der Waals surface area contributed by atoms with Gasteiger partial charge in [-0.25, -0.2) is 0 Å². The second kappa shape index (κ2) is 5.05. The Balaban J connectivity index is 2.12. The first-order valence-corrected chi connectivity index (χ1v) is 7.15. The number of hydrogen-bond donors (Lipinski definition) is 1. The molecular formula is C14H28N2. The molecule has 0 aromatic carbocycles. The van der Waals surface area contributed by atoms with Gasteiger partial charge in [0.1, 0.15) is 0 Å². The molecule has 2 aliphatic rings. The maximum Gasteiger partial charge on any atom is 0.0337 e. The van der Waals surface area contributed by atoms with Gasteiger partial charge in [0.05, 0.1) is 0 Å². The van der Waals surface area contributed by atoms with E-state index in [0.717, 1.165) is 18.5 Å². The number of nitrogens with two attached hydrogens (primary N) is 1. The summed E-state index contributed by atoms with van der Waals surface area (Å²) in [5.74, 6) is 0.874. The van der Waals surface area contributed by atoms with E-state index in [-0.39, 0.29) is 0 Å². The standard InChI is InChI=1S/C14H28N2/c1-12-7-8-14(10-12,11-15)16-9-5-3-4-6-13(16)2/h12-13H,3-11,15H2,1-2H3. The zero-order chi connectivity index (χ0) is 11.6. The topological polar surface area (TPSA) is 29.3 Å². The Morgan fingerprint density at radius 2 is 2.00 bits per heavy atom. The lowest BCUT2D eigenvalue weighted by Crippen LogP contribution is -2.55. The van der Waals surface area contributed by atoms with Crippen LogP contribution in [0.1, 0.15) is 58.8 Å². The van der Waals surface area contributed by atoms with Gasteiger partial charge in [0.2, 0.25) is 0 Å². The molecule has 16 heavy (non-hydrogen) atoms. The summed E-state index contributed by atoms with van der Waals surface area (Å²) in [6, 6.07) is 0.747. The molecular weight excluding hydrogens is 196 g/mol. The van der Waals surface area contributed by atoms with Gasteiger partial charge < -0.3 is 5.73 Å². The highest BCUT2D eigenvalue weighted by Gasteiger charge is 2.42. The normalized spacial score (nSPS) is 42.2. The first kappa shape index (κ1) is 12.4. The summed E-state index contributed by atoms with van der Waals surface area (Å²) < 4.78 is 0. The molecule has 2 fully saturated rings. The molecule has 2 heteroatoms. The summed E-state index contributed by atoms with van der Waals surface area (Å²) in [5, 5.41) is 0. The molecule has 1 aliphatic carbocycles. The minimum atomic E-state index is 0.350. The fourth-order valence-electron chi connectivity index (χ4n) is 3.91. The van der Waals surface area contributed by atoms with E-state index < -0.39 is 0 Å². The smallest absolute Gasteiger partial charge is 0.0337 e. The fourth-order valence-corrected chi connectivity index (χ4v) is 3.91. The van der Waals surface area contributed by atoms with Gasteiger partial charge in [-0.15, -0.1) is 0 Å². The second-order valence-electron chi connectivity index (χ2n) is 6.17. The van der Waals surface area contributed by atoms with Crippen LogP contribution in [0.2, 0.25) is 0 Å². The van der Waals surface area contributed by atoms with Crippen LogP contribution in [0.5, 0.6) is 0 Å². The molecule has 2 rings (SSSR count). The van der Waals surface area contributed by atoms with Crippen molar-refractivity contribution in [2.45, 2.75) is 70.4 Å². The minimum Gasteiger partial charge on any atom is -0.329 e. The van der Waals surface area contributed by atoms with Crippen molar-refractivity contribution in [3.63, 3.8) is 0 Å². The molecule has 1 heterocycles. The third-order valence-corrected chi connectivity index (χ3v) is 4.87. The quantitative estimate of drug-likeness (QED) is 0.781. The second-order valence-corrected chi connectivity index (χ2v) is 6.17. The summed E-state index contributed by atoms with van der Waals surface area (Å²) >= 11 is 0. The number of likely N-dealkylation sites (tertiary alicyclic amines) is 1. The Labute approximate surface area is 101 Å². The Kier molecular flexibility index (Phi) is 3.91. The molecule has 1 saturated heterocycles. The molecule has 0 spiro atoms. The predicted molar refractivity (Wildman–Crippen MR) is 69.4 cm³/mol. The first-order valence-electron chi connectivity index (χ1n) is 7.15. The van der Waals surface area contributed by atoms with Crippen LogP contribution in [0.3, 0.4) is 0 Å². The Morgan fingerprint density at radius 1 is 1.19 bits per heavy atom. The Hall–Kier alpha value is -0.0800. The van der Waals surface area contributed by atoms with Crippen molar-refractivity contribution >= 4 is 0 Å². The van der Waals surface area contributed by atoms with Gasteiger partial charge in [0, 0.05) is 18.1 Å². The highest BCUT2D eigenvalue weighted by atomic mass is 15.2. The van der Waals surface area contributed by atoms with Crippen molar-refractivity contribution in [2.75, 3.05) is 13.1 Å². The summed E-state index contributed by atoms with van der Waals surface area (Å²) in [4.78, 5) is 2.77. The van der Waals surface area contributed by atoms with Crippen LogP contribution in [-0.2, 0) is 0 Å². The van der Waals surface area contributed by atoms with Crippen LogP contribution in [-0.4, -0.2) is 29.6 Å². The van der Waals surface area contributed by atoms with E-state index >= 15 is 0 Å². The van der Waals surface area contributed by atoms with Gasteiger partial charge in [-0.2, -0.15) is 0 Å². The monoisotopic (exact) mass is 224 g/mol. The van der Waals surface area contributed by atoms with Crippen molar-refractivity contribution in [1.82, 2.24) is 4.90 Å². The van der Waals surface area contributed by atoms with Crippen LogP contribution in [0.4, 0.5) is 0 Å². The lowest BCUT2D eigenvalue weighted by molar-refractivity contribution is 0.0590. The van der Waals surface area contributed by atoms with Crippen LogP contribution in [0.15, 0.2) is 0 Å². The molecule has 0 aromatic rings. The number of nitrogens with zero attached hydrogens (tertiary/aromatic N) is 1. The molecule has 2 N–H and O–H groups in total. The van der Waals surface area contributed by atoms with E-state index in [0.29, 0.717) is 5.54 Å². The van der Waals surface area contributed by atoms with E-state index in [1.165, 1.54) is 51.5 Å². The lowest BCUT2D eigenvalue weighted by Gasteiger charge is -2.44. The summed E-state index contributed by atoms with van der Waals surface area (Å²) in [7, 11) is 0. The highest BCUT2D eigenvalue weighted by Crippen LogP contribution is 2.40. The molecule has 0 amide bonds. The van der Waals surface area contributed by atoms with Crippen LogP contribution in [0, 0.1) is 5.92 Å². The summed E-state index contributed by atoms with van der Waals surface area (Å²) in [5.41, 5.74) is 6.48. The Bertz CT molecular complexity index is 229. The number of hydrogen-bond acceptors (Lipinski definition) is 2. The maximum atomic E-state index is 6.13. The summed E-state index contributed by atoms with van der Waals surface area (Å²) in [6.45, 7) is 6.94. The maximum absolute atomic E-state index is 6.13. The van der Waals surface area contributed by atoms with Crippen molar-refractivity contribution in [3.05, 3.63) is 0 Å². The minimum absolute atomic E-state index is 0.350. The lowest BCUT2D eigenvalue weighted by atomic mass is 9.91. The van der Waals surface area contributed by atoms with E-state index in [1.807, 2.05) is 0 Å². The van der Waals surface area contributed by atoms with Crippen molar-refractivity contribution in [3.8, 4) is 0 Å². The average Bonchev–Trinajstić information content (AvgIpc) is 2.52. The predicted octanol–water partition coefficient (Wildman–Crippen LogP) is 2.77. The van der Waals surface area contributed by atoms with Crippen LogP contribution < -0.4 is 5.73 Å². The molecule has 3 unspecified atom stereocenters. The van der Waals surface area contributed by atoms with E-state index in [4.69, 9.17) is 5.73 Å². The zero-order valence-corrected chi connectivity index (χ0v) is 11.0. The van der Waals surface area contributed by atoms with E-state index in [1.54, 1.807) is 0 Å². The average molecular weight is 224 g/mol. The summed E-state index contributed by atoms with van der Waals surface area (Å²) in [6.07, 6.45) is 9.60. The third kappa shape index (κ3) is 2.28. The first-order chi connectivity index (χ1) is 7.68. The Morgan fingerprint density at radius 3 is 2.62 bits per heavy atom. The van der Waals surface area contributed by atoms with Gasteiger partial charge in [0.15, 0.2) is 0 Å². The van der Waals surface area contributed by atoms with E-state index in [2.05, 4.69) is 18.7 Å². The molecule has 94 valence electrons. The molecule has 0 bridgehead atoms. The molecule has 3 atom stereocenters. The molecule has 0 radical (unpaired) electrons. The molecule has 1 aliphatic heterocycles. The molecule has 0 aromatic heterocycles. The number of rotatable bonds is 2.